The zero-order valence-electron chi connectivity index (χ0n) is 12.8. The highest BCUT2D eigenvalue weighted by Crippen LogP contribution is 2.18. The van der Waals surface area contributed by atoms with Gasteiger partial charge in [-0.3, -0.25) is 4.79 Å². The number of nitrogens with zero attached hydrogens (tertiary/aromatic N) is 1. The van der Waals surface area contributed by atoms with Crippen molar-refractivity contribution >= 4 is 51.7 Å². The average molecular weight is 375 g/mol. The lowest BCUT2D eigenvalue weighted by Crippen LogP contribution is -2.20. The topological polar surface area (TPSA) is 68.3 Å². The van der Waals surface area contributed by atoms with Gasteiger partial charge in [0.15, 0.2) is 6.61 Å². The normalized spacial score (nSPS) is 10.5. The number of rotatable bonds is 4. The van der Waals surface area contributed by atoms with Gasteiger partial charge in [0.05, 0.1) is 11.1 Å². The fraction of sp³-hybridized carbons (Fsp3) is 0.0556. The summed E-state index contributed by atoms with van der Waals surface area (Å²) in [5.74, 6) is -1.05. The molecule has 3 rings (SSSR count). The summed E-state index contributed by atoms with van der Waals surface area (Å²) in [5.41, 5.74) is 1.53. The Morgan fingerprint density at radius 1 is 1.04 bits per heavy atom. The highest BCUT2D eigenvalue weighted by Gasteiger charge is 2.11. The van der Waals surface area contributed by atoms with Crippen LogP contribution in [0, 0.1) is 0 Å². The van der Waals surface area contributed by atoms with Crippen LogP contribution in [0.4, 0.5) is 5.69 Å². The van der Waals surface area contributed by atoms with E-state index in [1.807, 2.05) is 0 Å². The highest BCUT2D eigenvalue weighted by atomic mass is 35.5. The zero-order valence-corrected chi connectivity index (χ0v) is 14.3. The second-order valence-electron chi connectivity index (χ2n) is 5.18. The van der Waals surface area contributed by atoms with Crippen molar-refractivity contribution in [3.63, 3.8) is 0 Å². The number of aromatic nitrogens is 1. The summed E-state index contributed by atoms with van der Waals surface area (Å²) >= 11 is 11.7. The summed E-state index contributed by atoms with van der Waals surface area (Å²) < 4.78 is 5.03. The van der Waals surface area contributed by atoms with Crippen molar-refractivity contribution in [2.45, 2.75) is 0 Å². The van der Waals surface area contributed by atoms with Gasteiger partial charge in [-0.05, 0) is 48.5 Å². The molecule has 0 bridgehead atoms. The van der Waals surface area contributed by atoms with Crippen LogP contribution in [0.5, 0.6) is 0 Å². The molecule has 0 saturated carbocycles. The molecule has 2 aromatic carbocycles. The molecule has 0 fully saturated rings. The monoisotopic (exact) mass is 374 g/mol. The van der Waals surface area contributed by atoms with Crippen molar-refractivity contribution < 1.29 is 14.3 Å². The molecule has 25 heavy (non-hydrogen) atoms. The van der Waals surface area contributed by atoms with Crippen LogP contribution in [0.3, 0.4) is 0 Å². The first-order valence-electron chi connectivity index (χ1n) is 7.30. The smallest absolute Gasteiger partial charge is 0.338 e. The van der Waals surface area contributed by atoms with E-state index < -0.39 is 18.5 Å². The Bertz CT molecular complexity index is 960. The maximum Gasteiger partial charge on any atom is 0.338 e. The summed E-state index contributed by atoms with van der Waals surface area (Å²) in [6.45, 7) is -0.401. The number of carbonyl (C=O) groups is 2. The van der Waals surface area contributed by atoms with Crippen molar-refractivity contribution in [1.29, 1.82) is 0 Å². The van der Waals surface area contributed by atoms with E-state index in [0.29, 0.717) is 26.9 Å². The quantitative estimate of drug-likeness (QED) is 0.544. The summed E-state index contributed by atoms with van der Waals surface area (Å²) in [7, 11) is 0. The van der Waals surface area contributed by atoms with E-state index in [0.717, 1.165) is 5.39 Å². The fourth-order valence-corrected chi connectivity index (χ4v) is 2.55. The van der Waals surface area contributed by atoms with E-state index in [-0.39, 0.29) is 0 Å². The van der Waals surface area contributed by atoms with Crippen LogP contribution in [0.1, 0.15) is 10.4 Å². The molecule has 0 atom stereocenters. The fourth-order valence-electron chi connectivity index (χ4n) is 2.21. The maximum absolute atomic E-state index is 12.1. The number of benzene rings is 2. The Hall–Kier alpha value is -2.63. The van der Waals surface area contributed by atoms with Crippen molar-refractivity contribution in [3.8, 4) is 0 Å². The molecule has 3 aromatic rings. The summed E-state index contributed by atoms with van der Waals surface area (Å²) in [6, 6.07) is 15.0. The molecular formula is C18H12Cl2N2O3. The molecule has 7 heteroatoms. The molecule has 126 valence electrons. The molecular weight excluding hydrogens is 363 g/mol. The first kappa shape index (κ1) is 17.2. The highest BCUT2D eigenvalue weighted by molar-refractivity contribution is 6.31. The lowest BCUT2D eigenvalue weighted by Gasteiger charge is -2.07. The molecule has 0 aliphatic carbocycles. The van der Waals surface area contributed by atoms with E-state index in [2.05, 4.69) is 10.3 Å². The average Bonchev–Trinajstić information content (AvgIpc) is 2.59. The van der Waals surface area contributed by atoms with E-state index in [9.17, 15) is 9.59 Å². The molecule has 1 N–H and O–H groups in total. The van der Waals surface area contributed by atoms with Gasteiger partial charge in [0.1, 0.15) is 5.15 Å². The van der Waals surface area contributed by atoms with Gasteiger partial charge in [0.2, 0.25) is 0 Å². The van der Waals surface area contributed by atoms with Crippen LogP contribution in [0.2, 0.25) is 10.2 Å². The molecule has 0 radical (unpaired) electrons. The SMILES string of the molecule is O=C(COC(=O)c1ccc2nc(Cl)ccc2c1)Nc1cccc(Cl)c1. The van der Waals surface area contributed by atoms with Gasteiger partial charge in [-0.2, -0.15) is 0 Å². The number of carbonyl (C=O) groups excluding carboxylic acids is 2. The van der Waals surface area contributed by atoms with Crippen molar-refractivity contribution in [2.24, 2.45) is 0 Å². The minimum Gasteiger partial charge on any atom is -0.452 e. The molecule has 1 aromatic heterocycles. The first-order chi connectivity index (χ1) is 12.0. The summed E-state index contributed by atoms with van der Waals surface area (Å²) in [6.07, 6.45) is 0. The Morgan fingerprint density at radius 3 is 2.68 bits per heavy atom. The van der Waals surface area contributed by atoms with Gasteiger partial charge < -0.3 is 10.1 Å². The number of hydrogen-bond acceptors (Lipinski definition) is 4. The lowest BCUT2D eigenvalue weighted by atomic mass is 10.1. The largest absolute Gasteiger partial charge is 0.452 e. The van der Waals surface area contributed by atoms with Gasteiger partial charge in [-0.15, -0.1) is 0 Å². The van der Waals surface area contributed by atoms with Crippen molar-refractivity contribution in [1.82, 2.24) is 4.98 Å². The van der Waals surface area contributed by atoms with Gasteiger partial charge in [0, 0.05) is 16.1 Å². The number of halogens is 2. The number of amides is 1. The van der Waals surface area contributed by atoms with Gasteiger partial charge in [-0.1, -0.05) is 29.3 Å². The number of fused-ring (bicyclic) bond motifs is 1. The Morgan fingerprint density at radius 2 is 1.88 bits per heavy atom. The van der Waals surface area contributed by atoms with Gasteiger partial charge >= 0.3 is 5.97 Å². The van der Waals surface area contributed by atoms with Crippen molar-refractivity contribution in [2.75, 3.05) is 11.9 Å². The van der Waals surface area contributed by atoms with Gasteiger partial charge in [0.25, 0.3) is 5.91 Å². The summed E-state index contributed by atoms with van der Waals surface area (Å²) in [5, 5.41) is 4.23. The van der Waals surface area contributed by atoms with Crippen LogP contribution in [0.25, 0.3) is 10.9 Å². The van der Waals surface area contributed by atoms with Crippen LogP contribution in [-0.2, 0) is 9.53 Å². The predicted octanol–water partition coefficient (Wildman–Crippen LogP) is 4.34. The van der Waals surface area contributed by atoms with E-state index in [1.165, 1.54) is 0 Å². The number of ether oxygens (including phenoxy) is 1. The second kappa shape index (κ2) is 7.51. The number of pyridine rings is 1. The number of anilines is 1. The molecule has 0 spiro atoms. The minimum atomic E-state index is -0.599. The van der Waals surface area contributed by atoms with Crippen molar-refractivity contribution in [3.05, 3.63) is 70.3 Å². The third-order valence-corrected chi connectivity index (χ3v) is 3.78. The maximum atomic E-state index is 12.1. The van der Waals surface area contributed by atoms with Crippen LogP contribution < -0.4 is 5.32 Å². The Kier molecular flexibility index (Phi) is 5.16. The standard InChI is InChI=1S/C18H12Cl2N2O3/c19-13-2-1-3-14(9-13)21-17(23)10-25-18(24)12-4-6-15-11(8-12)5-7-16(20)22-15/h1-9H,10H2,(H,21,23). The number of esters is 1. The molecule has 0 saturated heterocycles. The minimum absolute atomic E-state index is 0.326. The molecule has 5 nitrogen and oxygen atoms in total. The third kappa shape index (κ3) is 4.47. The van der Waals surface area contributed by atoms with E-state index in [1.54, 1.807) is 54.6 Å². The van der Waals surface area contributed by atoms with Crippen LogP contribution in [0.15, 0.2) is 54.6 Å². The molecule has 0 aliphatic rings. The van der Waals surface area contributed by atoms with E-state index >= 15 is 0 Å². The third-order valence-electron chi connectivity index (χ3n) is 3.33. The summed E-state index contributed by atoms with van der Waals surface area (Å²) in [4.78, 5) is 28.1. The second-order valence-corrected chi connectivity index (χ2v) is 6.00. The first-order valence-corrected chi connectivity index (χ1v) is 8.06. The van der Waals surface area contributed by atoms with Gasteiger partial charge in [-0.25, -0.2) is 9.78 Å². The Balaban J connectivity index is 1.62. The molecule has 0 aliphatic heterocycles. The Labute approximate surface area is 153 Å². The molecule has 1 amide bonds. The van der Waals surface area contributed by atoms with E-state index in [4.69, 9.17) is 27.9 Å². The molecule has 1 heterocycles. The molecule has 0 unspecified atom stereocenters. The zero-order chi connectivity index (χ0) is 17.8. The number of hydrogen-bond donors (Lipinski definition) is 1. The predicted molar refractivity (Wildman–Crippen MR) is 97.1 cm³/mol. The lowest BCUT2D eigenvalue weighted by molar-refractivity contribution is -0.119. The van der Waals surface area contributed by atoms with Crippen LogP contribution >= 0.6 is 23.2 Å². The van der Waals surface area contributed by atoms with Crippen LogP contribution in [-0.4, -0.2) is 23.5 Å². The number of nitrogens with one attached hydrogen (secondary N) is 1.